The summed E-state index contributed by atoms with van der Waals surface area (Å²) < 4.78 is 4.89. The Balaban J connectivity index is 3.43. The van der Waals surface area contributed by atoms with Crippen molar-refractivity contribution in [3.8, 4) is 0 Å². The lowest BCUT2D eigenvalue weighted by Gasteiger charge is -2.20. The third kappa shape index (κ3) is 4.75. The maximum atomic E-state index is 9.16. The first kappa shape index (κ1) is 9.27. The highest BCUT2D eigenvalue weighted by atomic mass is 32.1. The van der Waals surface area contributed by atoms with Crippen LogP contribution in [-0.2, 0) is 4.74 Å². The number of hydrogen-bond donors (Lipinski definition) is 2. The van der Waals surface area contributed by atoms with Crippen LogP contribution in [0.5, 0.6) is 0 Å². The highest BCUT2D eigenvalue weighted by Crippen LogP contribution is 2.18. The molecule has 0 aliphatic heterocycles. The summed E-state index contributed by atoms with van der Waals surface area (Å²) >= 11 is 3.88. The Morgan fingerprint density at radius 2 is 2.11 bits per heavy atom. The van der Waals surface area contributed by atoms with Crippen LogP contribution < -0.4 is 0 Å². The molecule has 1 atom stereocenters. The summed E-state index contributed by atoms with van der Waals surface area (Å²) in [5.41, 5.74) is 0. The number of ether oxygens (including phenoxy) is 1. The Hall–Kier alpha value is 0.270. The second-order valence-corrected chi connectivity index (χ2v) is 2.62. The fourth-order valence-electron chi connectivity index (χ4n) is 0.629. The molecular weight excluding hydrogens is 136 g/mol. The smallest absolute Gasteiger partial charge is 0.212 e. The molecule has 0 aromatic carbocycles. The lowest BCUT2D eigenvalue weighted by atomic mass is 10.3. The van der Waals surface area contributed by atoms with Crippen LogP contribution in [0.25, 0.3) is 0 Å². The maximum Gasteiger partial charge on any atom is 0.212 e. The quantitative estimate of drug-likeness (QED) is 0.468. The van der Waals surface area contributed by atoms with Gasteiger partial charge >= 0.3 is 0 Å². The molecule has 1 N–H and O–H groups in total. The van der Waals surface area contributed by atoms with E-state index in [2.05, 4.69) is 12.6 Å². The summed E-state index contributed by atoms with van der Waals surface area (Å²) in [4.78, 5) is 0. The van der Waals surface area contributed by atoms with E-state index in [9.17, 15) is 0 Å². The molecule has 56 valence electrons. The van der Waals surface area contributed by atoms with Gasteiger partial charge in [-0.1, -0.05) is 13.3 Å². The third-order valence-electron chi connectivity index (χ3n) is 0.951. The first-order chi connectivity index (χ1) is 4.12. The van der Waals surface area contributed by atoms with Gasteiger partial charge in [-0.15, -0.1) is 12.6 Å². The lowest BCUT2D eigenvalue weighted by molar-refractivity contribution is -0.129. The number of thiol groups is 1. The molecule has 0 rings (SSSR count). The molecule has 0 saturated carbocycles. The molecule has 0 spiro atoms. The van der Waals surface area contributed by atoms with Gasteiger partial charge < -0.3 is 9.84 Å². The van der Waals surface area contributed by atoms with Gasteiger partial charge in [0.05, 0.1) is 0 Å². The Labute approximate surface area is 61.6 Å². The van der Waals surface area contributed by atoms with Crippen LogP contribution in [0.2, 0.25) is 0 Å². The van der Waals surface area contributed by atoms with Crippen LogP contribution in [0.15, 0.2) is 0 Å². The Kier molecular flexibility index (Phi) is 4.27. The summed E-state index contributed by atoms with van der Waals surface area (Å²) in [6.07, 6.45) is 1.45. The van der Waals surface area contributed by atoms with Crippen LogP contribution in [0.4, 0.5) is 0 Å². The van der Waals surface area contributed by atoms with Crippen molar-refractivity contribution >= 4 is 12.6 Å². The average molecular weight is 150 g/mol. The number of aliphatic hydroxyl groups is 1. The van der Waals surface area contributed by atoms with Crippen molar-refractivity contribution in [2.24, 2.45) is 0 Å². The molecule has 0 radical (unpaired) electrons. The highest BCUT2D eigenvalue weighted by Gasteiger charge is 2.18. The average Bonchev–Trinajstić information content (AvgIpc) is 1.64. The van der Waals surface area contributed by atoms with Gasteiger partial charge in [-0.3, -0.25) is 0 Å². The standard InChI is InChI=1S/C6H14O2S/c1-3-5-6(7,9)8-4-2/h7,9H,3-5H2,1-2H3/t6-/m0/s1. The predicted octanol–water partition coefficient (Wildman–Crippen LogP) is 1.40. The van der Waals surface area contributed by atoms with Crippen LogP contribution in [-0.4, -0.2) is 16.8 Å². The van der Waals surface area contributed by atoms with Gasteiger partial charge in [0.25, 0.3) is 0 Å². The van der Waals surface area contributed by atoms with Crippen LogP contribution >= 0.6 is 12.6 Å². The Morgan fingerprint density at radius 1 is 1.56 bits per heavy atom. The van der Waals surface area contributed by atoms with E-state index in [0.717, 1.165) is 6.42 Å². The van der Waals surface area contributed by atoms with Gasteiger partial charge in [0.2, 0.25) is 5.12 Å². The third-order valence-corrected chi connectivity index (χ3v) is 1.30. The zero-order valence-corrected chi connectivity index (χ0v) is 6.82. The molecule has 0 fully saturated rings. The minimum atomic E-state index is -1.20. The molecule has 0 aromatic rings. The van der Waals surface area contributed by atoms with Gasteiger partial charge in [0, 0.05) is 13.0 Å². The van der Waals surface area contributed by atoms with Crippen molar-refractivity contribution in [1.29, 1.82) is 0 Å². The van der Waals surface area contributed by atoms with Crippen molar-refractivity contribution < 1.29 is 9.84 Å². The van der Waals surface area contributed by atoms with Gasteiger partial charge in [-0.2, -0.15) is 0 Å². The zero-order valence-electron chi connectivity index (χ0n) is 5.92. The van der Waals surface area contributed by atoms with E-state index >= 15 is 0 Å². The molecule has 9 heavy (non-hydrogen) atoms. The molecular formula is C6H14O2S. The van der Waals surface area contributed by atoms with Crippen LogP contribution in [0.1, 0.15) is 26.7 Å². The van der Waals surface area contributed by atoms with Crippen molar-refractivity contribution in [2.45, 2.75) is 31.8 Å². The normalized spacial score (nSPS) is 17.3. The zero-order chi connectivity index (χ0) is 7.33. The number of rotatable bonds is 4. The fourth-order valence-corrected chi connectivity index (χ4v) is 0.982. The largest absolute Gasteiger partial charge is 0.357 e. The molecule has 0 heterocycles. The molecule has 3 heteroatoms. The van der Waals surface area contributed by atoms with Gasteiger partial charge in [0.1, 0.15) is 0 Å². The Morgan fingerprint density at radius 3 is 2.44 bits per heavy atom. The predicted molar refractivity (Wildman–Crippen MR) is 40.5 cm³/mol. The van der Waals surface area contributed by atoms with Crippen molar-refractivity contribution in [3.63, 3.8) is 0 Å². The molecule has 0 amide bonds. The summed E-state index contributed by atoms with van der Waals surface area (Å²) in [6.45, 7) is 4.30. The summed E-state index contributed by atoms with van der Waals surface area (Å²) in [5, 5.41) is 7.95. The van der Waals surface area contributed by atoms with Gasteiger partial charge in [0.15, 0.2) is 0 Å². The fraction of sp³-hybridized carbons (Fsp3) is 1.00. The van der Waals surface area contributed by atoms with Crippen molar-refractivity contribution in [2.75, 3.05) is 6.61 Å². The van der Waals surface area contributed by atoms with E-state index in [4.69, 9.17) is 9.84 Å². The molecule has 0 aliphatic rings. The van der Waals surface area contributed by atoms with Crippen molar-refractivity contribution in [3.05, 3.63) is 0 Å². The molecule has 0 aliphatic carbocycles. The summed E-state index contributed by atoms with van der Waals surface area (Å²) in [7, 11) is 0. The Bertz CT molecular complexity index is 65.5. The minimum Gasteiger partial charge on any atom is -0.357 e. The number of hydrogen-bond acceptors (Lipinski definition) is 3. The van der Waals surface area contributed by atoms with Crippen molar-refractivity contribution in [1.82, 2.24) is 0 Å². The van der Waals surface area contributed by atoms with E-state index in [1.54, 1.807) is 0 Å². The van der Waals surface area contributed by atoms with Crippen LogP contribution in [0.3, 0.4) is 0 Å². The monoisotopic (exact) mass is 150 g/mol. The van der Waals surface area contributed by atoms with E-state index in [-0.39, 0.29) is 0 Å². The lowest BCUT2D eigenvalue weighted by Crippen LogP contribution is -2.24. The van der Waals surface area contributed by atoms with Gasteiger partial charge in [-0.05, 0) is 6.92 Å². The maximum absolute atomic E-state index is 9.16. The summed E-state index contributed by atoms with van der Waals surface area (Å²) in [5.74, 6) is 0. The first-order valence-electron chi connectivity index (χ1n) is 3.21. The molecule has 0 unspecified atom stereocenters. The topological polar surface area (TPSA) is 29.5 Å². The first-order valence-corrected chi connectivity index (χ1v) is 3.65. The minimum absolute atomic E-state index is 0.500. The second-order valence-electron chi connectivity index (χ2n) is 1.93. The van der Waals surface area contributed by atoms with Crippen LogP contribution in [0, 0.1) is 0 Å². The SMILES string of the molecule is CCC[C@@](O)(S)OCC. The van der Waals surface area contributed by atoms with E-state index in [1.165, 1.54) is 0 Å². The molecule has 2 nitrogen and oxygen atoms in total. The molecule has 0 aromatic heterocycles. The van der Waals surface area contributed by atoms with Gasteiger partial charge in [-0.25, -0.2) is 0 Å². The van der Waals surface area contributed by atoms with E-state index in [0.29, 0.717) is 13.0 Å². The molecule has 0 bridgehead atoms. The van der Waals surface area contributed by atoms with E-state index in [1.807, 2.05) is 13.8 Å². The second kappa shape index (κ2) is 4.14. The van der Waals surface area contributed by atoms with E-state index < -0.39 is 5.12 Å². The summed E-state index contributed by atoms with van der Waals surface area (Å²) in [6, 6.07) is 0. The molecule has 0 saturated heterocycles. The highest BCUT2D eigenvalue weighted by molar-refractivity contribution is 7.81.